The van der Waals surface area contributed by atoms with E-state index < -0.39 is 0 Å². The second kappa shape index (κ2) is 5.16. The Hall–Kier alpha value is -0.530. The van der Waals surface area contributed by atoms with E-state index in [2.05, 4.69) is 26.1 Å². The van der Waals surface area contributed by atoms with Crippen LogP contribution in [-0.4, -0.2) is 13.0 Å². The fourth-order valence-electron chi connectivity index (χ4n) is 1.27. The topological polar surface area (TPSA) is 29.1 Å². The van der Waals surface area contributed by atoms with Gasteiger partial charge in [0.2, 0.25) is 6.41 Å². The maximum absolute atomic E-state index is 9.94. The summed E-state index contributed by atoms with van der Waals surface area (Å²) < 4.78 is 0. The van der Waals surface area contributed by atoms with E-state index in [9.17, 15) is 4.79 Å². The molecule has 1 amide bonds. The van der Waals surface area contributed by atoms with Crippen molar-refractivity contribution in [1.29, 1.82) is 0 Å². The third-order valence-electron chi connectivity index (χ3n) is 1.96. The first-order chi connectivity index (χ1) is 5.12. The second-order valence-electron chi connectivity index (χ2n) is 3.74. The van der Waals surface area contributed by atoms with Crippen LogP contribution in [0.2, 0.25) is 0 Å². The van der Waals surface area contributed by atoms with Crippen molar-refractivity contribution in [1.82, 2.24) is 5.32 Å². The summed E-state index contributed by atoms with van der Waals surface area (Å²) in [6.45, 7) is 7.47. The molecule has 2 nitrogen and oxygen atoms in total. The maximum atomic E-state index is 9.94. The highest BCUT2D eigenvalue weighted by Crippen LogP contribution is 2.25. The van der Waals surface area contributed by atoms with Gasteiger partial charge < -0.3 is 5.32 Å². The van der Waals surface area contributed by atoms with Gasteiger partial charge in [-0.25, -0.2) is 0 Å². The number of hydrogen-bond donors (Lipinski definition) is 1. The van der Waals surface area contributed by atoms with Crippen molar-refractivity contribution < 1.29 is 4.79 Å². The molecule has 0 atom stereocenters. The Morgan fingerprint density at radius 2 is 2.00 bits per heavy atom. The predicted molar refractivity (Wildman–Crippen MR) is 47.4 cm³/mol. The van der Waals surface area contributed by atoms with Crippen molar-refractivity contribution in [2.45, 2.75) is 40.0 Å². The molecule has 66 valence electrons. The quantitative estimate of drug-likeness (QED) is 0.463. The molecule has 0 aromatic heterocycles. The lowest BCUT2D eigenvalue weighted by molar-refractivity contribution is -0.109. The normalized spacial score (nSPS) is 11.2. The van der Waals surface area contributed by atoms with Crippen molar-refractivity contribution >= 4 is 6.41 Å². The molecule has 0 radical (unpaired) electrons. The fourth-order valence-corrected chi connectivity index (χ4v) is 1.27. The Bertz CT molecular complexity index is 110. The van der Waals surface area contributed by atoms with Crippen molar-refractivity contribution in [3.05, 3.63) is 0 Å². The van der Waals surface area contributed by atoms with Gasteiger partial charge in [0.1, 0.15) is 0 Å². The lowest BCUT2D eigenvalue weighted by Crippen LogP contribution is -2.21. The van der Waals surface area contributed by atoms with Crippen molar-refractivity contribution in [3.63, 3.8) is 0 Å². The van der Waals surface area contributed by atoms with Crippen molar-refractivity contribution in [2.24, 2.45) is 5.41 Å². The Morgan fingerprint density at radius 1 is 1.36 bits per heavy atom. The fraction of sp³-hybridized carbons (Fsp3) is 0.889. The van der Waals surface area contributed by atoms with E-state index in [1.807, 2.05) is 0 Å². The van der Waals surface area contributed by atoms with E-state index in [0.717, 1.165) is 19.4 Å². The highest BCUT2D eigenvalue weighted by Gasteiger charge is 2.15. The molecule has 11 heavy (non-hydrogen) atoms. The number of hydrogen-bond acceptors (Lipinski definition) is 1. The average molecular weight is 157 g/mol. The molecular formula is C9H19NO. The lowest BCUT2D eigenvalue weighted by atomic mass is 9.85. The zero-order valence-electron chi connectivity index (χ0n) is 7.81. The third kappa shape index (κ3) is 5.89. The first-order valence-corrected chi connectivity index (χ1v) is 4.29. The number of nitrogens with one attached hydrogen (secondary N) is 1. The average Bonchev–Trinajstić information content (AvgIpc) is 1.87. The predicted octanol–water partition coefficient (Wildman–Crippen LogP) is 1.95. The summed E-state index contributed by atoms with van der Waals surface area (Å²) in [6.07, 6.45) is 4.28. The monoisotopic (exact) mass is 157 g/mol. The molecule has 0 saturated heterocycles. The van der Waals surface area contributed by atoms with E-state index in [-0.39, 0.29) is 0 Å². The summed E-state index contributed by atoms with van der Waals surface area (Å²) in [7, 11) is 0. The molecule has 0 aliphatic rings. The van der Waals surface area contributed by atoms with Crippen LogP contribution in [0.25, 0.3) is 0 Å². The van der Waals surface area contributed by atoms with Crippen LogP contribution in [0.4, 0.5) is 0 Å². The van der Waals surface area contributed by atoms with Gasteiger partial charge in [-0.05, 0) is 18.3 Å². The van der Waals surface area contributed by atoms with E-state index >= 15 is 0 Å². The van der Waals surface area contributed by atoms with E-state index in [1.54, 1.807) is 0 Å². The number of rotatable bonds is 6. The second-order valence-corrected chi connectivity index (χ2v) is 3.74. The van der Waals surface area contributed by atoms with Gasteiger partial charge in [-0.3, -0.25) is 4.79 Å². The molecule has 2 heteroatoms. The first kappa shape index (κ1) is 10.5. The maximum Gasteiger partial charge on any atom is 0.207 e. The van der Waals surface area contributed by atoms with Crippen LogP contribution in [-0.2, 0) is 4.79 Å². The van der Waals surface area contributed by atoms with Gasteiger partial charge in [-0.1, -0.05) is 27.2 Å². The van der Waals surface area contributed by atoms with Gasteiger partial charge in [-0.2, -0.15) is 0 Å². The zero-order valence-corrected chi connectivity index (χ0v) is 7.81. The molecule has 0 rings (SSSR count). The molecule has 0 unspecified atom stereocenters. The molecule has 0 spiro atoms. The van der Waals surface area contributed by atoms with Crippen LogP contribution in [0.3, 0.4) is 0 Å². The van der Waals surface area contributed by atoms with Gasteiger partial charge in [0.25, 0.3) is 0 Å². The summed E-state index contributed by atoms with van der Waals surface area (Å²) >= 11 is 0. The Morgan fingerprint density at radius 3 is 2.45 bits per heavy atom. The van der Waals surface area contributed by atoms with Gasteiger partial charge >= 0.3 is 0 Å². The first-order valence-electron chi connectivity index (χ1n) is 4.29. The van der Waals surface area contributed by atoms with E-state index in [0.29, 0.717) is 5.41 Å². The minimum atomic E-state index is 0.380. The summed E-state index contributed by atoms with van der Waals surface area (Å²) in [5.74, 6) is 0. The van der Waals surface area contributed by atoms with Gasteiger partial charge in [0, 0.05) is 6.54 Å². The number of carbonyl (C=O) groups excluding carboxylic acids is 1. The van der Waals surface area contributed by atoms with Gasteiger partial charge in [0.05, 0.1) is 0 Å². The molecule has 0 bridgehead atoms. The molecule has 0 aromatic rings. The molecule has 1 N–H and O–H groups in total. The third-order valence-corrected chi connectivity index (χ3v) is 1.96. The van der Waals surface area contributed by atoms with Crippen LogP contribution in [0.5, 0.6) is 0 Å². The van der Waals surface area contributed by atoms with Crippen LogP contribution in [0, 0.1) is 5.41 Å². The molecule has 0 saturated carbocycles. The zero-order chi connectivity index (χ0) is 8.74. The van der Waals surface area contributed by atoms with Crippen molar-refractivity contribution in [3.8, 4) is 0 Å². The molecule has 0 aliphatic heterocycles. The number of carbonyl (C=O) groups is 1. The SMILES string of the molecule is CCCC(C)(C)CCNC=O. The Kier molecular flexibility index (Phi) is 4.92. The van der Waals surface area contributed by atoms with Crippen LogP contribution >= 0.6 is 0 Å². The summed E-state index contributed by atoms with van der Waals surface area (Å²) in [5, 5.41) is 2.68. The Labute approximate surface area is 69.4 Å². The smallest absolute Gasteiger partial charge is 0.207 e. The highest BCUT2D eigenvalue weighted by atomic mass is 16.1. The van der Waals surface area contributed by atoms with Crippen LogP contribution in [0.1, 0.15) is 40.0 Å². The number of amides is 1. The molecule has 0 fully saturated rings. The largest absolute Gasteiger partial charge is 0.359 e. The van der Waals surface area contributed by atoms with Gasteiger partial charge in [-0.15, -0.1) is 0 Å². The molecular weight excluding hydrogens is 138 g/mol. The van der Waals surface area contributed by atoms with Crippen molar-refractivity contribution in [2.75, 3.05) is 6.54 Å². The molecule has 0 heterocycles. The summed E-state index contributed by atoms with van der Waals surface area (Å²) in [4.78, 5) is 9.94. The van der Waals surface area contributed by atoms with Crippen LogP contribution < -0.4 is 5.32 Å². The standard InChI is InChI=1S/C9H19NO/c1-4-5-9(2,3)6-7-10-8-11/h8H,4-7H2,1-3H3,(H,10,11). The lowest BCUT2D eigenvalue weighted by Gasteiger charge is -2.23. The molecule has 0 aromatic carbocycles. The summed E-state index contributed by atoms with van der Waals surface area (Å²) in [5.41, 5.74) is 0.380. The highest BCUT2D eigenvalue weighted by molar-refractivity contribution is 5.45. The van der Waals surface area contributed by atoms with E-state index in [4.69, 9.17) is 0 Å². The minimum absolute atomic E-state index is 0.380. The van der Waals surface area contributed by atoms with Crippen LogP contribution in [0.15, 0.2) is 0 Å². The molecule has 0 aliphatic carbocycles. The van der Waals surface area contributed by atoms with Gasteiger partial charge in [0.15, 0.2) is 0 Å². The summed E-state index contributed by atoms with van der Waals surface area (Å²) in [6, 6.07) is 0. The Balaban J connectivity index is 3.45. The van der Waals surface area contributed by atoms with E-state index in [1.165, 1.54) is 12.8 Å². The minimum Gasteiger partial charge on any atom is -0.359 e.